The minimum absolute atomic E-state index is 0.619. The lowest BCUT2D eigenvalue weighted by Gasteiger charge is -2.26. The summed E-state index contributed by atoms with van der Waals surface area (Å²) in [5.74, 6) is 3.42. The number of hydrogen-bond acceptors (Lipinski definition) is 3. The van der Waals surface area contributed by atoms with Crippen molar-refractivity contribution in [2.24, 2.45) is 11.8 Å². The first kappa shape index (κ1) is 15.0. The molecular formula is C18H29N3. The molecule has 0 saturated heterocycles. The van der Waals surface area contributed by atoms with Crippen LogP contribution in [-0.2, 0) is 12.8 Å². The van der Waals surface area contributed by atoms with E-state index in [1.807, 2.05) is 7.05 Å². The normalized spacial score (nSPS) is 28.6. The summed E-state index contributed by atoms with van der Waals surface area (Å²) >= 11 is 0. The fourth-order valence-electron chi connectivity index (χ4n) is 4.21. The molecule has 1 fully saturated rings. The smallest absolute Gasteiger partial charge is 0.131 e. The van der Waals surface area contributed by atoms with E-state index in [2.05, 4.69) is 19.2 Å². The van der Waals surface area contributed by atoms with Crippen LogP contribution in [0.3, 0.4) is 0 Å². The Hall–Kier alpha value is -0.960. The maximum Gasteiger partial charge on any atom is 0.131 e. The largest absolute Gasteiger partial charge is 0.319 e. The van der Waals surface area contributed by atoms with Gasteiger partial charge in [-0.2, -0.15) is 0 Å². The van der Waals surface area contributed by atoms with Gasteiger partial charge in [0.15, 0.2) is 0 Å². The predicted octanol–water partition coefficient (Wildman–Crippen LogP) is 3.40. The Kier molecular flexibility index (Phi) is 4.58. The molecular weight excluding hydrogens is 258 g/mol. The molecule has 0 aromatic carbocycles. The molecule has 0 radical (unpaired) electrons. The summed E-state index contributed by atoms with van der Waals surface area (Å²) in [6.07, 6.45) is 8.84. The Morgan fingerprint density at radius 1 is 1.14 bits per heavy atom. The van der Waals surface area contributed by atoms with Crippen LogP contribution < -0.4 is 5.32 Å². The van der Waals surface area contributed by atoms with E-state index in [-0.39, 0.29) is 0 Å². The molecule has 0 spiro atoms. The van der Waals surface area contributed by atoms with Gasteiger partial charge in [-0.15, -0.1) is 0 Å². The summed E-state index contributed by atoms with van der Waals surface area (Å²) in [4.78, 5) is 9.89. The van der Waals surface area contributed by atoms with E-state index in [9.17, 15) is 0 Å². The van der Waals surface area contributed by atoms with Gasteiger partial charge in [-0.25, -0.2) is 9.97 Å². The molecule has 21 heavy (non-hydrogen) atoms. The first-order valence-corrected chi connectivity index (χ1v) is 8.72. The van der Waals surface area contributed by atoms with Crippen molar-refractivity contribution in [1.82, 2.24) is 15.3 Å². The first-order chi connectivity index (χ1) is 10.2. The number of aryl methyl sites for hydroxylation is 2. The maximum absolute atomic E-state index is 4.99. The van der Waals surface area contributed by atoms with Crippen molar-refractivity contribution in [3.05, 3.63) is 22.8 Å². The number of fused-ring (bicyclic) bond motifs is 1. The van der Waals surface area contributed by atoms with Gasteiger partial charge in [0.2, 0.25) is 0 Å². The molecule has 3 heteroatoms. The Labute approximate surface area is 129 Å². The van der Waals surface area contributed by atoms with Crippen molar-refractivity contribution >= 4 is 0 Å². The monoisotopic (exact) mass is 287 g/mol. The van der Waals surface area contributed by atoms with E-state index in [0.29, 0.717) is 5.92 Å². The molecule has 3 nitrogen and oxygen atoms in total. The van der Waals surface area contributed by atoms with Crippen LogP contribution in [0.15, 0.2) is 0 Å². The van der Waals surface area contributed by atoms with Crippen molar-refractivity contribution in [2.75, 3.05) is 13.6 Å². The molecule has 2 aliphatic carbocycles. The molecule has 0 bridgehead atoms. The topological polar surface area (TPSA) is 37.8 Å². The number of nitrogens with zero attached hydrogens (tertiary/aromatic N) is 2. The van der Waals surface area contributed by atoms with Gasteiger partial charge < -0.3 is 5.32 Å². The van der Waals surface area contributed by atoms with Crippen LogP contribution in [0.4, 0.5) is 0 Å². The van der Waals surface area contributed by atoms with E-state index in [0.717, 1.165) is 37.0 Å². The van der Waals surface area contributed by atoms with Gasteiger partial charge in [-0.1, -0.05) is 13.3 Å². The standard InChI is InChI=1S/C18H29N3/c1-4-13-5-7-15(9-13)18-20-12(2)16-10-14(11-19-3)6-8-17(16)21-18/h13-15,19H,4-11H2,1-3H3. The fraction of sp³-hybridized carbons (Fsp3) is 0.778. The van der Waals surface area contributed by atoms with Gasteiger partial charge >= 0.3 is 0 Å². The van der Waals surface area contributed by atoms with Crippen LogP contribution in [0.2, 0.25) is 0 Å². The third-order valence-electron chi connectivity index (χ3n) is 5.58. The van der Waals surface area contributed by atoms with Crippen molar-refractivity contribution in [3.8, 4) is 0 Å². The summed E-state index contributed by atoms with van der Waals surface area (Å²) in [7, 11) is 2.05. The van der Waals surface area contributed by atoms with Gasteiger partial charge in [0.1, 0.15) is 5.82 Å². The minimum atomic E-state index is 0.619. The molecule has 3 unspecified atom stereocenters. The van der Waals surface area contributed by atoms with E-state index >= 15 is 0 Å². The maximum atomic E-state index is 4.99. The molecule has 3 rings (SSSR count). The molecule has 0 amide bonds. The molecule has 116 valence electrons. The second-order valence-corrected chi connectivity index (χ2v) is 7.04. The van der Waals surface area contributed by atoms with E-state index in [4.69, 9.17) is 9.97 Å². The van der Waals surface area contributed by atoms with Gasteiger partial charge in [0.05, 0.1) is 0 Å². The van der Waals surface area contributed by atoms with Crippen LogP contribution in [0.5, 0.6) is 0 Å². The minimum Gasteiger partial charge on any atom is -0.319 e. The number of rotatable bonds is 4. The zero-order chi connectivity index (χ0) is 14.8. The average molecular weight is 287 g/mol. The molecule has 2 aliphatic rings. The second kappa shape index (κ2) is 6.43. The zero-order valence-electron chi connectivity index (χ0n) is 13.8. The van der Waals surface area contributed by atoms with Crippen LogP contribution >= 0.6 is 0 Å². The summed E-state index contributed by atoms with van der Waals surface area (Å²) in [6.45, 7) is 5.62. The summed E-state index contributed by atoms with van der Waals surface area (Å²) in [5, 5.41) is 3.31. The number of nitrogens with one attached hydrogen (secondary N) is 1. The van der Waals surface area contributed by atoms with Crippen LogP contribution in [0, 0.1) is 18.8 Å². The average Bonchev–Trinajstić information content (AvgIpc) is 2.97. The van der Waals surface area contributed by atoms with Gasteiger partial charge in [-0.05, 0) is 76.4 Å². The van der Waals surface area contributed by atoms with Crippen molar-refractivity contribution in [2.45, 2.75) is 64.7 Å². The number of aromatic nitrogens is 2. The summed E-state index contributed by atoms with van der Waals surface area (Å²) < 4.78 is 0. The van der Waals surface area contributed by atoms with Crippen LogP contribution in [0.25, 0.3) is 0 Å². The second-order valence-electron chi connectivity index (χ2n) is 7.04. The molecule has 1 aromatic heterocycles. The highest BCUT2D eigenvalue weighted by Gasteiger charge is 2.29. The lowest BCUT2D eigenvalue weighted by Crippen LogP contribution is -2.26. The number of hydrogen-bond donors (Lipinski definition) is 1. The van der Waals surface area contributed by atoms with E-state index < -0.39 is 0 Å². The molecule has 1 N–H and O–H groups in total. The lowest BCUT2D eigenvalue weighted by molar-refractivity contribution is 0.429. The summed E-state index contributed by atoms with van der Waals surface area (Å²) in [6, 6.07) is 0. The third-order valence-corrected chi connectivity index (χ3v) is 5.58. The highest BCUT2D eigenvalue weighted by atomic mass is 14.9. The quantitative estimate of drug-likeness (QED) is 0.922. The highest BCUT2D eigenvalue weighted by molar-refractivity contribution is 5.29. The van der Waals surface area contributed by atoms with Crippen molar-refractivity contribution in [1.29, 1.82) is 0 Å². The zero-order valence-corrected chi connectivity index (χ0v) is 13.8. The van der Waals surface area contributed by atoms with Crippen LogP contribution in [-0.4, -0.2) is 23.6 Å². The van der Waals surface area contributed by atoms with Gasteiger partial charge in [0, 0.05) is 17.3 Å². The van der Waals surface area contributed by atoms with Crippen molar-refractivity contribution < 1.29 is 0 Å². The SMILES string of the molecule is CCC1CCC(c2nc(C)c3c(n2)CCC(CNC)C3)C1. The Balaban J connectivity index is 1.79. The molecule has 3 atom stereocenters. The Morgan fingerprint density at radius 3 is 2.71 bits per heavy atom. The van der Waals surface area contributed by atoms with E-state index in [1.165, 1.54) is 49.1 Å². The van der Waals surface area contributed by atoms with Gasteiger partial charge in [-0.3, -0.25) is 0 Å². The Morgan fingerprint density at radius 2 is 2.00 bits per heavy atom. The fourth-order valence-corrected chi connectivity index (χ4v) is 4.21. The van der Waals surface area contributed by atoms with Crippen LogP contribution in [0.1, 0.15) is 67.7 Å². The third kappa shape index (κ3) is 3.13. The predicted molar refractivity (Wildman–Crippen MR) is 86.6 cm³/mol. The highest BCUT2D eigenvalue weighted by Crippen LogP contribution is 2.39. The van der Waals surface area contributed by atoms with Gasteiger partial charge in [0.25, 0.3) is 0 Å². The molecule has 1 heterocycles. The Bertz CT molecular complexity index is 497. The molecule has 1 saturated carbocycles. The first-order valence-electron chi connectivity index (χ1n) is 8.72. The summed E-state index contributed by atoms with van der Waals surface area (Å²) in [5.41, 5.74) is 4.04. The lowest BCUT2D eigenvalue weighted by atomic mass is 9.85. The van der Waals surface area contributed by atoms with Crippen molar-refractivity contribution in [3.63, 3.8) is 0 Å². The molecule has 1 aromatic rings. The van der Waals surface area contributed by atoms with E-state index in [1.54, 1.807) is 0 Å². The molecule has 0 aliphatic heterocycles.